The number of fused-ring (bicyclic) bond motifs is 2. The van der Waals surface area contributed by atoms with Crippen LogP contribution in [0.4, 0.5) is 20.7 Å². The van der Waals surface area contributed by atoms with Gasteiger partial charge in [0.25, 0.3) is 11.5 Å². The first-order valence-electron chi connectivity index (χ1n) is 20.6. The Hall–Kier alpha value is -5.64. The molecule has 4 aromatic heterocycles. The average Bonchev–Trinajstić information content (AvgIpc) is 3.88. The zero-order valence-electron chi connectivity index (χ0n) is 33.1. The molecule has 2 saturated carbocycles. The Morgan fingerprint density at radius 2 is 1.76 bits per heavy atom. The molecule has 304 valence electrons. The molecule has 6 heterocycles. The number of pyridine rings is 1. The van der Waals surface area contributed by atoms with Gasteiger partial charge in [-0.2, -0.15) is 10.1 Å². The Kier molecular flexibility index (Phi) is 9.98. The number of hydrogen-bond donors (Lipinski definition) is 2. The SMILES string of the molecule is CC(C)Oc1nc2nc([C@H]3CC[C@H](CN4CCC(c5cc6c(cc5F)c(N5CCC(=O)NC5=O)nn6C)CC4)CC3)cn2cc1C(=O)Nc1cccn(C2CC2)c1=O. The van der Waals surface area contributed by atoms with E-state index in [1.165, 1.54) is 11.0 Å². The molecule has 2 N–H and O–H groups in total. The van der Waals surface area contributed by atoms with Crippen molar-refractivity contribution in [2.24, 2.45) is 13.0 Å². The van der Waals surface area contributed by atoms with Crippen LogP contribution in [0.25, 0.3) is 16.7 Å². The maximum absolute atomic E-state index is 15.7. The van der Waals surface area contributed by atoms with E-state index in [1.54, 1.807) is 45.2 Å². The number of benzene rings is 1. The fourth-order valence-electron chi connectivity index (χ4n) is 9.01. The second-order valence-electron chi connectivity index (χ2n) is 16.7. The smallest absolute Gasteiger partial charge is 0.329 e. The molecule has 15 nitrogen and oxygen atoms in total. The fourth-order valence-corrected chi connectivity index (χ4v) is 9.01. The molecule has 2 saturated heterocycles. The van der Waals surface area contributed by atoms with Gasteiger partial charge >= 0.3 is 6.03 Å². The van der Waals surface area contributed by atoms with Gasteiger partial charge in [0.15, 0.2) is 5.82 Å². The van der Waals surface area contributed by atoms with Crippen molar-refractivity contribution >= 4 is 46.0 Å². The van der Waals surface area contributed by atoms with E-state index in [1.807, 2.05) is 26.1 Å². The summed E-state index contributed by atoms with van der Waals surface area (Å²) in [4.78, 5) is 64.3. The standard InChI is InChI=1S/C42H49FN10O5/c1-24(2)58-39-31(38(55)44-33-5-4-15-52(40(33)56)28-10-11-28)22-51-23-34(45-41(51)47-39)27-8-6-25(7-9-27)21-50-16-12-26(13-17-50)29-20-35-30(19-32(29)43)37(48-49(35)3)53-18-14-36(54)46-42(53)57/h4-5,15,19-20,22-28H,6-14,16-18,21H2,1-3H3,(H,44,55)(H,46,54,57)/t25-,27-. The van der Waals surface area contributed by atoms with Crippen LogP contribution in [-0.2, 0) is 11.8 Å². The number of piperidine rings is 1. The number of likely N-dealkylation sites (tertiary alicyclic amines) is 1. The molecule has 0 atom stereocenters. The molecule has 0 unspecified atom stereocenters. The lowest BCUT2D eigenvalue weighted by Crippen LogP contribution is -2.49. The van der Waals surface area contributed by atoms with Crippen molar-refractivity contribution in [1.29, 1.82) is 0 Å². The number of hydrogen-bond acceptors (Lipinski definition) is 9. The van der Waals surface area contributed by atoms with E-state index < -0.39 is 11.9 Å². The highest BCUT2D eigenvalue weighted by molar-refractivity contribution is 6.09. The Morgan fingerprint density at radius 3 is 2.48 bits per heavy atom. The van der Waals surface area contributed by atoms with Crippen molar-refractivity contribution in [3.8, 4) is 5.88 Å². The monoisotopic (exact) mass is 792 g/mol. The van der Waals surface area contributed by atoms with Crippen LogP contribution in [0, 0.1) is 11.7 Å². The lowest BCUT2D eigenvalue weighted by atomic mass is 9.80. The second-order valence-corrected chi connectivity index (χ2v) is 16.7. The summed E-state index contributed by atoms with van der Waals surface area (Å²) in [5.74, 6) is 0.864. The first kappa shape index (κ1) is 37.9. The van der Waals surface area contributed by atoms with Crippen molar-refractivity contribution < 1.29 is 23.5 Å². The highest BCUT2D eigenvalue weighted by atomic mass is 19.1. The van der Waals surface area contributed by atoms with Crippen molar-refractivity contribution in [3.05, 3.63) is 75.8 Å². The number of nitrogens with one attached hydrogen (secondary N) is 2. The first-order chi connectivity index (χ1) is 28.0. The Morgan fingerprint density at radius 1 is 0.983 bits per heavy atom. The quantitative estimate of drug-likeness (QED) is 0.176. The van der Waals surface area contributed by atoms with Gasteiger partial charge in [-0.25, -0.2) is 14.2 Å². The van der Waals surface area contributed by atoms with Crippen LogP contribution >= 0.6 is 0 Å². The van der Waals surface area contributed by atoms with Crippen LogP contribution in [0.2, 0.25) is 0 Å². The Balaban J connectivity index is 0.816. The predicted octanol–water partition coefficient (Wildman–Crippen LogP) is 5.89. The number of carbonyl (C=O) groups excluding carboxylic acids is 3. The van der Waals surface area contributed by atoms with E-state index in [0.717, 1.165) is 82.2 Å². The molecular formula is C42H49FN10O5. The Labute approximate surface area is 334 Å². The molecule has 2 aliphatic heterocycles. The normalized spacial score (nSPS) is 20.9. The van der Waals surface area contributed by atoms with Crippen LogP contribution < -0.4 is 25.8 Å². The highest BCUT2D eigenvalue weighted by Gasteiger charge is 2.32. The van der Waals surface area contributed by atoms with E-state index in [9.17, 15) is 19.2 Å². The molecule has 5 aromatic rings. The van der Waals surface area contributed by atoms with Crippen molar-refractivity contribution in [1.82, 2.24) is 38.9 Å². The number of ether oxygens (including phenoxy) is 1. The van der Waals surface area contributed by atoms with Gasteiger partial charge in [0.05, 0.1) is 17.3 Å². The van der Waals surface area contributed by atoms with E-state index >= 15 is 4.39 Å². The molecular weight excluding hydrogens is 744 g/mol. The van der Waals surface area contributed by atoms with Crippen molar-refractivity contribution in [3.63, 3.8) is 0 Å². The number of amides is 4. The number of rotatable bonds is 10. The highest BCUT2D eigenvalue weighted by Crippen LogP contribution is 2.39. The second kappa shape index (κ2) is 15.3. The third-order valence-corrected chi connectivity index (χ3v) is 12.3. The minimum absolute atomic E-state index is 0.0917. The minimum Gasteiger partial charge on any atom is -0.474 e. The molecule has 9 rings (SSSR count). The van der Waals surface area contributed by atoms with Gasteiger partial charge in [0.1, 0.15) is 17.1 Å². The number of carbonyl (C=O) groups is 3. The summed E-state index contributed by atoms with van der Waals surface area (Å²) in [7, 11) is 1.79. The van der Waals surface area contributed by atoms with Gasteiger partial charge < -0.3 is 19.5 Å². The largest absolute Gasteiger partial charge is 0.474 e. The molecule has 58 heavy (non-hydrogen) atoms. The molecule has 0 spiro atoms. The van der Waals surface area contributed by atoms with Crippen LogP contribution in [0.15, 0.2) is 47.7 Å². The summed E-state index contributed by atoms with van der Waals surface area (Å²) in [6.07, 6.45) is 13.2. The predicted molar refractivity (Wildman–Crippen MR) is 215 cm³/mol. The zero-order valence-corrected chi connectivity index (χ0v) is 33.1. The molecule has 0 bridgehead atoms. The van der Waals surface area contributed by atoms with Crippen LogP contribution in [-0.4, -0.2) is 83.7 Å². The van der Waals surface area contributed by atoms with E-state index in [4.69, 9.17) is 9.72 Å². The van der Waals surface area contributed by atoms with Crippen LogP contribution in [0.3, 0.4) is 0 Å². The summed E-state index contributed by atoms with van der Waals surface area (Å²) in [6, 6.07) is 6.43. The molecule has 0 radical (unpaired) electrons. The van der Waals surface area contributed by atoms with Crippen LogP contribution in [0.1, 0.15) is 111 Å². The summed E-state index contributed by atoms with van der Waals surface area (Å²) < 4.78 is 26.8. The summed E-state index contributed by atoms with van der Waals surface area (Å²) in [5.41, 5.74) is 2.63. The van der Waals surface area contributed by atoms with Gasteiger partial charge in [-0.05, 0) is 120 Å². The van der Waals surface area contributed by atoms with Gasteiger partial charge in [-0.1, -0.05) is 0 Å². The number of imidazole rings is 1. The molecule has 2 aliphatic carbocycles. The third-order valence-electron chi connectivity index (χ3n) is 12.3. The molecule has 4 amide bonds. The number of aryl methyl sites for hydroxylation is 1. The number of anilines is 2. The molecule has 4 fully saturated rings. The first-order valence-corrected chi connectivity index (χ1v) is 20.6. The number of nitrogens with zero attached hydrogens (tertiary/aromatic N) is 8. The maximum Gasteiger partial charge on any atom is 0.329 e. The number of imide groups is 1. The summed E-state index contributed by atoms with van der Waals surface area (Å²) in [5, 5.41) is 10.2. The number of halogens is 1. The van der Waals surface area contributed by atoms with Crippen LogP contribution in [0.5, 0.6) is 5.88 Å². The summed E-state index contributed by atoms with van der Waals surface area (Å²) >= 11 is 0. The van der Waals surface area contributed by atoms with Crippen molar-refractivity contribution in [2.75, 3.05) is 36.4 Å². The van der Waals surface area contributed by atoms with Crippen molar-refractivity contribution in [2.45, 2.75) is 95.6 Å². The van der Waals surface area contributed by atoms with Gasteiger partial charge in [0.2, 0.25) is 17.6 Å². The topological polar surface area (TPSA) is 161 Å². The third kappa shape index (κ3) is 7.45. The minimum atomic E-state index is -0.538. The summed E-state index contributed by atoms with van der Waals surface area (Å²) in [6.45, 7) is 6.77. The molecule has 1 aromatic carbocycles. The average molecular weight is 793 g/mol. The van der Waals surface area contributed by atoms with Gasteiger partial charge in [-0.3, -0.25) is 33.7 Å². The van der Waals surface area contributed by atoms with E-state index in [-0.39, 0.29) is 71.4 Å². The zero-order chi connectivity index (χ0) is 40.2. The fraction of sp³-hybridized carbons (Fsp3) is 0.500. The molecule has 16 heteroatoms. The Bertz CT molecular complexity index is 2470. The lowest BCUT2D eigenvalue weighted by molar-refractivity contribution is -0.120. The van der Waals surface area contributed by atoms with E-state index in [2.05, 4.69) is 25.6 Å². The van der Waals surface area contributed by atoms with E-state index in [0.29, 0.717) is 28.5 Å². The lowest BCUT2D eigenvalue weighted by Gasteiger charge is -2.36. The van der Waals surface area contributed by atoms with Gasteiger partial charge in [-0.15, -0.1) is 0 Å². The maximum atomic E-state index is 15.7. The number of urea groups is 1. The van der Waals surface area contributed by atoms with Gasteiger partial charge in [0, 0.05) is 62.5 Å². The molecule has 4 aliphatic rings. The number of aromatic nitrogens is 6.